The number of nitrogens with two attached hydrogens (primary N) is 1. The fourth-order valence-corrected chi connectivity index (χ4v) is 3.14. The van der Waals surface area contributed by atoms with Crippen molar-refractivity contribution in [3.8, 4) is 0 Å². The van der Waals surface area contributed by atoms with Crippen LogP contribution in [0.1, 0.15) is 46.5 Å². The minimum absolute atomic E-state index is 0.0974. The van der Waals surface area contributed by atoms with E-state index in [2.05, 4.69) is 35.7 Å². The Balaban J connectivity index is 2.43. The molecule has 0 spiro atoms. The van der Waals surface area contributed by atoms with Crippen LogP contribution in [0.25, 0.3) is 0 Å². The van der Waals surface area contributed by atoms with E-state index in [1.807, 2.05) is 0 Å². The predicted molar refractivity (Wildman–Crippen MR) is 84.2 cm³/mol. The summed E-state index contributed by atoms with van der Waals surface area (Å²) in [6.45, 7) is 12.1. The summed E-state index contributed by atoms with van der Waals surface area (Å²) in [5.41, 5.74) is 5.83. The second-order valence-electron chi connectivity index (χ2n) is 6.06. The molecular weight excluding hydrogens is 252 g/mol. The minimum atomic E-state index is 0.0974. The summed E-state index contributed by atoms with van der Waals surface area (Å²) in [6.07, 6.45) is 4.59. The molecule has 20 heavy (non-hydrogen) atoms. The molecule has 0 aliphatic carbocycles. The standard InChI is InChI=1S/C15H32N4O/c1-4-6-13(3)12-18-8-10-19(11-9-18)14(7-5-2)15(16)17-20/h13-14,20H,4-12H2,1-3H3,(H2,16,17). The molecule has 0 amide bonds. The molecule has 3 N–H and O–H groups in total. The van der Waals surface area contributed by atoms with Crippen LogP contribution in [0.3, 0.4) is 0 Å². The molecule has 0 aromatic rings. The Hall–Kier alpha value is -0.810. The third kappa shape index (κ3) is 5.29. The maximum Gasteiger partial charge on any atom is 0.156 e. The van der Waals surface area contributed by atoms with E-state index in [1.54, 1.807) is 0 Å². The van der Waals surface area contributed by atoms with Gasteiger partial charge in [0.25, 0.3) is 0 Å². The number of piperazine rings is 1. The zero-order chi connectivity index (χ0) is 15.0. The van der Waals surface area contributed by atoms with Crippen LogP contribution in [0, 0.1) is 5.92 Å². The topological polar surface area (TPSA) is 65.1 Å². The SMILES string of the molecule is CCCC(C)CN1CCN(C(CCC)C(N)=NO)CC1. The van der Waals surface area contributed by atoms with E-state index >= 15 is 0 Å². The van der Waals surface area contributed by atoms with Gasteiger partial charge in [-0.2, -0.15) is 0 Å². The van der Waals surface area contributed by atoms with Gasteiger partial charge < -0.3 is 15.8 Å². The summed E-state index contributed by atoms with van der Waals surface area (Å²) in [4.78, 5) is 4.91. The number of hydrogen-bond acceptors (Lipinski definition) is 4. The van der Waals surface area contributed by atoms with Crippen molar-refractivity contribution >= 4 is 5.84 Å². The van der Waals surface area contributed by atoms with Gasteiger partial charge in [-0.15, -0.1) is 0 Å². The normalized spacial score (nSPS) is 21.9. The molecule has 5 nitrogen and oxygen atoms in total. The lowest BCUT2D eigenvalue weighted by Gasteiger charge is -2.39. The zero-order valence-electron chi connectivity index (χ0n) is 13.4. The van der Waals surface area contributed by atoms with Crippen molar-refractivity contribution in [2.75, 3.05) is 32.7 Å². The van der Waals surface area contributed by atoms with Gasteiger partial charge in [0.05, 0.1) is 6.04 Å². The first kappa shape index (κ1) is 17.2. The van der Waals surface area contributed by atoms with E-state index in [9.17, 15) is 0 Å². The van der Waals surface area contributed by atoms with E-state index < -0.39 is 0 Å². The molecule has 0 radical (unpaired) electrons. The summed E-state index contributed by atoms with van der Waals surface area (Å²) < 4.78 is 0. The highest BCUT2D eigenvalue weighted by molar-refractivity contribution is 5.85. The molecule has 0 aromatic heterocycles. The molecule has 5 heteroatoms. The molecule has 118 valence electrons. The third-order valence-electron chi connectivity index (χ3n) is 4.22. The van der Waals surface area contributed by atoms with Gasteiger partial charge in [0.2, 0.25) is 0 Å². The fraction of sp³-hybridized carbons (Fsp3) is 0.933. The molecule has 1 saturated heterocycles. The largest absolute Gasteiger partial charge is 0.409 e. The summed E-state index contributed by atoms with van der Waals surface area (Å²) in [6, 6.07) is 0.0974. The van der Waals surface area contributed by atoms with Crippen molar-refractivity contribution in [2.45, 2.75) is 52.5 Å². The van der Waals surface area contributed by atoms with Crippen molar-refractivity contribution in [3.05, 3.63) is 0 Å². The average Bonchev–Trinajstić information content (AvgIpc) is 2.45. The molecule has 0 saturated carbocycles. The number of hydrogen-bond donors (Lipinski definition) is 2. The molecule has 1 rings (SSSR count). The van der Waals surface area contributed by atoms with Gasteiger partial charge in [0.1, 0.15) is 0 Å². The highest BCUT2D eigenvalue weighted by Crippen LogP contribution is 2.14. The van der Waals surface area contributed by atoms with Gasteiger partial charge in [0.15, 0.2) is 5.84 Å². The first-order chi connectivity index (χ1) is 9.62. The highest BCUT2D eigenvalue weighted by Gasteiger charge is 2.26. The molecule has 1 heterocycles. The van der Waals surface area contributed by atoms with E-state index in [0.717, 1.165) is 44.9 Å². The molecule has 0 bridgehead atoms. The van der Waals surface area contributed by atoms with Crippen LogP contribution in [-0.4, -0.2) is 59.6 Å². The van der Waals surface area contributed by atoms with Crippen LogP contribution in [0.4, 0.5) is 0 Å². The van der Waals surface area contributed by atoms with E-state index in [1.165, 1.54) is 19.4 Å². The molecule has 1 fully saturated rings. The summed E-state index contributed by atoms with van der Waals surface area (Å²) in [5.74, 6) is 1.14. The first-order valence-electron chi connectivity index (χ1n) is 8.06. The Morgan fingerprint density at radius 3 is 2.25 bits per heavy atom. The number of oxime groups is 1. The first-order valence-corrected chi connectivity index (χ1v) is 8.06. The second kappa shape index (κ2) is 9.19. The van der Waals surface area contributed by atoms with Crippen LogP contribution in [-0.2, 0) is 0 Å². The average molecular weight is 284 g/mol. The summed E-state index contributed by atoms with van der Waals surface area (Å²) in [5, 5.41) is 12.1. The Morgan fingerprint density at radius 2 is 1.75 bits per heavy atom. The summed E-state index contributed by atoms with van der Waals surface area (Å²) >= 11 is 0. The Morgan fingerprint density at radius 1 is 1.15 bits per heavy atom. The van der Waals surface area contributed by atoms with Gasteiger partial charge in [-0.1, -0.05) is 38.8 Å². The predicted octanol–water partition coefficient (Wildman–Crippen LogP) is 1.96. The lowest BCUT2D eigenvalue weighted by atomic mass is 10.0. The Labute approximate surface area is 123 Å². The smallest absolute Gasteiger partial charge is 0.156 e. The molecular formula is C15H32N4O. The van der Waals surface area contributed by atoms with Gasteiger partial charge in [-0.05, 0) is 18.8 Å². The monoisotopic (exact) mass is 284 g/mol. The number of nitrogens with zero attached hydrogens (tertiary/aromatic N) is 3. The van der Waals surface area contributed by atoms with Gasteiger partial charge >= 0.3 is 0 Å². The highest BCUT2D eigenvalue weighted by atomic mass is 16.4. The lowest BCUT2D eigenvalue weighted by Crippen LogP contribution is -2.54. The van der Waals surface area contributed by atoms with Crippen LogP contribution in [0.2, 0.25) is 0 Å². The third-order valence-corrected chi connectivity index (χ3v) is 4.22. The van der Waals surface area contributed by atoms with Crippen molar-refractivity contribution in [3.63, 3.8) is 0 Å². The van der Waals surface area contributed by atoms with Crippen molar-refractivity contribution < 1.29 is 5.21 Å². The van der Waals surface area contributed by atoms with E-state index in [4.69, 9.17) is 10.9 Å². The Kier molecular flexibility index (Phi) is 7.92. The zero-order valence-corrected chi connectivity index (χ0v) is 13.4. The van der Waals surface area contributed by atoms with Crippen molar-refractivity contribution in [1.82, 2.24) is 9.80 Å². The van der Waals surface area contributed by atoms with Crippen molar-refractivity contribution in [2.24, 2.45) is 16.8 Å². The van der Waals surface area contributed by atoms with Gasteiger partial charge in [-0.3, -0.25) is 4.90 Å². The fourth-order valence-electron chi connectivity index (χ4n) is 3.14. The van der Waals surface area contributed by atoms with Gasteiger partial charge in [-0.25, -0.2) is 0 Å². The maximum absolute atomic E-state index is 8.92. The summed E-state index contributed by atoms with van der Waals surface area (Å²) in [7, 11) is 0. The van der Waals surface area contributed by atoms with Gasteiger partial charge in [0, 0.05) is 32.7 Å². The van der Waals surface area contributed by atoms with Crippen LogP contribution >= 0.6 is 0 Å². The number of amidine groups is 1. The lowest BCUT2D eigenvalue weighted by molar-refractivity contribution is 0.101. The van der Waals surface area contributed by atoms with Crippen LogP contribution in [0.5, 0.6) is 0 Å². The molecule has 1 aliphatic heterocycles. The molecule has 2 atom stereocenters. The Bertz CT molecular complexity index is 288. The van der Waals surface area contributed by atoms with Crippen LogP contribution < -0.4 is 5.73 Å². The molecule has 0 aromatic carbocycles. The number of rotatable bonds is 8. The maximum atomic E-state index is 8.92. The molecule has 1 aliphatic rings. The van der Waals surface area contributed by atoms with Crippen LogP contribution in [0.15, 0.2) is 5.16 Å². The minimum Gasteiger partial charge on any atom is -0.409 e. The molecule has 2 unspecified atom stereocenters. The second-order valence-corrected chi connectivity index (χ2v) is 6.06. The van der Waals surface area contributed by atoms with E-state index in [-0.39, 0.29) is 6.04 Å². The quantitative estimate of drug-likeness (QED) is 0.309. The van der Waals surface area contributed by atoms with E-state index in [0.29, 0.717) is 5.84 Å². The van der Waals surface area contributed by atoms with Crippen molar-refractivity contribution in [1.29, 1.82) is 0 Å².